The predicted molar refractivity (Wildman–Crippen MR) is 123 cm³/mol. The summed E-state index contributed by atoms with van der Waals surface area (Å²) in [4.78, 5) is 26.3. The Balaban J connectivity index is 1.80. The molecule has 4 bridgehead atoms. The lowest BCUT2D eigenvalue weighted by Gasteiger charge is -2.55. The molecule has 1 unspecified atom stereocenters. The smallest absolute Gasteiger partial charge is 0.455 e. The number of carbonyl (C=O) groups excluding carboxylic acids is 2. The molecule has 0 amide bonds. The number of carbonyl (C=O) groups is 2. The topological polar surface area (TPSA) is 116 Å². The molecule has 1 atom stereocenters. The van der Waals surface area contributed by atoms with Gasteiger partial charge in [-0.25, -0.2) is 4.79 Å². The molecule has 16 heteroatoms. The zero-order chi connectivity index (χ0) is 30.6. The fraction of sp³-hybridized carbons (Fsp3) is 0.917. The van der Waals surface area contributed by atoms with Crippen molar-refractivity contribution in [2.24, 2.45) is 23.2 Å². The summed E-state index contributed by atoms with van der Waals surface area (Å²) in [6.45, 7) is 2.58. The monoisotopic (exact) mass is 614 g/mol. The van der Waals surface area contributed by atoms with Gasteiger partial charge in [-0.1, -0.05) is 0 Å². The highest BCUT2D eigenvalue weighted by Gasteiger charge is 2.70. The molecule has 0 aliphatic heterocycles. The minimum absolute atomic E-state index is 0.129. The second kappa shape index (κ2) is 10.5. The third-order valence-corrected chi connectivity index (χ3v) is 8.64. The van der Waals surface area contributed by atoms with Crippen molar-refractivity contribution in [2.45, 2.75) is 107 Å². The lowest BCUT2D eigenvalue weighted by Crippen LogP contribution is -2.62. The van der Waals surface area contributed by atoms with Gasteiger partial charge in [0.2, 0.25) is 0 Å². The SMILES string of the molecule is CC(C)(C)OC(=O)C(OCCCCC(F)(F)C(F)(F)S(=O)(=O)O)(OC(=O)C12CC3CC(CC(C3)C1)C2)C(F)(F)F. The van der Waals surface area contributed by atoms with Crippen LogP contribution in [0.3, 0.4) is 0 Å². The standard InChI is InChI=1S/C24H33F7O8S/c1-19(2,3)38-18(33)22(23(27,28)29,37-7-5-4-6-21(25,26)24(30,31)40(34,35)36)39-17(32)20-11-14-8-15(12-20)10-16(9-14)13-20/h14-16H,4-13H2,1-3H3,(H,34,35,36). The van der Waals surface area contributed by atoms with Gasteiger partial charge in [0.15, 0.2) is 0 Å². The van der Waals surface area contributed by atoms with E-state index in [0.29, 0.717) is 0 Å². The zero-order valence-corrected chi connectivity index (χ0v) is 23.0. The first kappa shape index (κ1) is 32.8. The minimum atomic E-state index is -6.49. The number of hydrogen-bond donors (Lipinski definition) is 1. The molecule has 0 aromatic heterocycles. The van der Waals surface area contributed by atoms with Crippen LogP contribution in [0.5, 0.6) is 0 Å². The van der Waals surface area contributed by atoms with Gasteiger partial charge in [-0.3, -0.25) is 9.35 Å². The summed E-state index contributed by atoms with van der Waals surface area (Å²) in [5.41, 5.74) is -2.74. The van der Waals surface area contributed by atoms with Gasteiger partial charge in [0.25, 0.3) is 0 Å². The van der Waals surface area contributed by atoms with Gasteiger partial charge in [-0.05, 0) is 89.9 Å². The fourth-order valence-electron chi connectivity index (χ4n) is 6.33. The second-order valence-corrected chi connectivity index (χ2v) is 13.7. The van der Waals surface area contributed by atoms with Crippen LogP contribution in [0.25, 0.3) is 0 Å². The molecule has 8 nitrogen and oxygen atoms in total. The van der Waals surface area contributed by atoms with Crippen LogP contribution in [0, 0.1) is 23.2 Å². The Hall–Kier alpha value is -1.68. The Morgan fingerprint density at radius 3 is 1.73 bits per heavy atom. The van der Waals surface area contributed by atoms with E-state index in [9.17, 15) is 48.7 Å². The normalized spacial score (nSPS) is 28.7. The molecule has 4 saturated carbocycles. The molecular weight excluding hydrogens is 581 g/mol. The molecule has 0 radical (unpaired) electrons. The molecule has 40 heavy (non-hydrogen) atoms. The molecule has 4 rings (SSSR count). The maximum absolute atomic E-state index is 14.5. The van der Waals surface area contributed by atoms with E-state index in [1.54, 1.807) is 0 Å². The lowest BCUT2D eigenvalue weighted by molar-refractivity contribution is -0.361. The molecule has 0 aromatic carbocycles. The van der Waals surface area contributed by atoms with E-state index >= 15 is 0 Å². The summed E-state index contributed by atoms with van der Waals surface area (Å²) in [5, 5.41) is -5.85. The van der Waals surface area contributed by atoms with Gasteiger partial charge in [0.1, 0.15) is 5.60 Å². The first-order valence-corrected chi connectivity index (χ1v) is 14.3. The zero-order valence-electron chi connectivity index (χ0n) is 22.2. The number of esters is 2. The molecule has 4 aliphatic rings. The van der Waals surface area contributed by atoms with E-state index < -0.39 is 82.1 Å². The molecule has 0 aromatic rings. The Morgan fingerprint density at radius 2 is 1.32 bits per heavy atom. The van der Waals surface area contributed by atoms with Gasteiger partial charge in [0.05, 0.1) is 12.0 Å². The van der Waals surface area contributed by atoms with Crippen LogP contribution in [0.4, 0.5) is 30.7 Å². The van der Waals surface area contributed by atoms with Crippen molar-refractivity contribution in [3.8, 4) is 0 Å². The summed E-state index contributed by atoms with van der Waals surface area (Å²) < 4.78 is 142. The first-order valence-electron chi connectivity index (χ1n) is 12.8. The summed E-state index contributed by atoms with van der Waals surface area (Å²) in [6.07, 6.45) is -5.96. The number of rotatable bonds is 11. The number of alkyl halides is 7. The molecule has 0 saturated heterocycles. The van der Waals surface area contributed by atoms with Gasteiger partial charge in [0, 0.05) is 6.42 Å². The molecule has 232 valence electrons. The highest BCUT2D eigenvalue weighted by atomic mass is 32.2. The maximum Gasteiger partial charge on any atom is 0.468 e. The van der Waals surface area contributed by atoms with Crippen molar-refractivity contribution in [2.75, 3.05) is 6.61 Å². The summed E-state index contributed by atoms with van der Waals surface area (Å²) in [7, 11) is -6.49. The van der Waals surface area contributed by atoms with E-state index in [4.69, 9.17) is 18.8 Å². The van der Waals surface area contributed by atoms with Gasteiger partial charge in [-0.2, -0.15) is 39.2 Å². The van der Waals surface area contributed by atoms with Crippen molar-refractivity contribution in [1.82, 2.24) is 0 Å². The maximum atomic E-state index is 14.5. The van der Waals surface area contributed by atoms with Crippen molar-refractivity contribution in [1.29, 1.82) is 0 Å². The molecule has 4 fully saturated rings. The summed E-state index contributed by atoms with van der Waals surface area (Å²) in [6, 6.07) is 0. The first-order chi connectivity index (χ1) is 17.9. The molecular formula is C24H33F7O8S. The Kier molecular flexibility index (Phi) is 8.66. The average Bonchev–Trinajstić information content (AvgIpc) is 2.74. The number of unbranched alkanes of at least 4 members (excludes halogenated alkanes) is 1. The Labute approximate surface area is 227 Å². The van der Waals surface area contributed by atoms with E-state index in [-0.39, 0.29) is 37.0 Å². The van der Waals surface area contributed by atoms with Crippen LogP contribution >= 0.6 is 0 Å². The minimum Gasteiger partial charge on any atom is -0.455 e. The molecule has 1 N–H and O–H groups in total. The predicted octanol–water partition coefficient (Wildman–Crippen LogP) is 5.65. The third-order valence-electron chi connectivity index (χ3n) is 7.69. The summed E-state index contributed by atoms with van der Waals surface area (Å²) in [5.74, 6) is -12.5. The third kappa shape index (κ3) is 6.37. The van der Waals surface area contributed by atoms with Crippen LogP contribution < -0.4 is 0 Å². The van der Waals surface area contributed by atoms with Crippen LogP contribution in [0.15, 0.2) is 0 Å². The van der Waals surface area contributed by atoms with Crippen LogP contribution in [0.2, 0.25) is 0 Å². The Morgan fingerprint density at radius 1 is 0.850 bits per heavy atom. The highest BCUT2D eigenvalue weighted by molar-refractivity contribution is 7.87. The molecule has 4 aliphatic carbocycles. The number of ether oxygens (including phenoxy) is 3. The van der Waals surface area contributed by atoms with E-state index in [2.05, 4.69) is 0 Å². The lowest BCUT2D eigenvalue weighted by atomic mass is 9.49. The van der Waals surface area contributed by atoms with Crippen molar-refractivity contribution in [3.63, 3.8) is 0 Å². The number of hydrogen-bond acceptors (Lipinski definition) is 7. The van der Waals surface area contributed by atoms with Gasteiger partial charge >= 0.3 is 45.2 Å². The van der Waals surface area contributed by atoms with Gasteiger partial charge in [-0.15, -0.1) is 0 Å². The number of halogens is 7. The largest absolute Gasteiger partial charge is 0.468 e. The van der Waals surface area contributed by atoms with Crippen molar-refractivity contribution >= 4 is 22.1 Å². The highest BCUT2D eigenvalue weighted by Crippen LogP contribution is 2.61. The Bertz CT molecular complexity index is 1050. The quantitative estimate of drug-likeness (QED) is 0.104. The van der Waals surface area contributed by atoms with E-state index in [1.807, 2.05) is 0 Å². The molecule has 0 spiro atoms. The summed E-state index contributed by atoms with van der Waals surface area (Å²) >= 11 is 0. The van der Waals surface area contributed by atoms with Crippen LogP contribution in [-0.4, -0.2) is 60.3 Å². The second-order valence-electron chi connectivity index (χ2n) is 12.2. The molecule has 0 heterocycles. The average molecular weight is 615 g/mol. The van der Waals surface area contributed by atoms with E-state index in [1.165, 1.54) is 20.8 Å². The van der Waals surface area contributed by atoms with Crippen molar-refractivity contribution < 1.29 is 67.5 Å². The van der Waals surface area contributed by atoms with Crippen LogP contribution in [0.1, 0.15) is 78.6 Å². The van der Waals surface area contributed by atoms with Crippen LogP contribution in [-0.2, 0) is 33.9 Å². The van der Waals surface area contributed by atoms with Crippen molar-refractivity contribution in [3.05, 3.63) is 0 Å². The van der Waals surface area contributed by atoms with Gasteiger partial charge < -0.3 is 14.2 Å². The fourth-order valence-corrected chi connectivity index (χ4v) is 6.81. The van der Waals surface area contributed by atoms with E-state index in [0.717, 1.165) is 19.3 Å².